The Hall–Kier alpha value is -1.88. The van der Waals surface area contributed by atoms with Gasteiger partial charge in [-0.2, -0.15) is 27.2 Å². The zero-order chi connectivity index (χ0) is 14.8. The normalized spacial score (nSPS) is 11.8. The van der Waals surface area contributed by atoms with Crippen LogP contribution in [0.1, 0.15) is 5.56 Å². The van der Waals surface area contributed by atoms with E-state index in [0.29, 0.717) is 0 Å². The van der Waals surface area contributed by atoms with E-state index in [0.717, 1.165) is 18.2 Å². The number of nitriles is 1. The van der Waals surface area contributed by atoms with Gasteiger partial charge < -0.3 is 5.32 Å². The summed E-state index contributed by atoms with van der Waals surface area (Å²) < 4.78 is 61.0. The second-order valence-corrected chi connectivity index (χ2v) is 3.74. The molecule has 0 aliphatic carbocycles. The van der Waals surface area contributed by atoms with Gasteiger partial charge in [0, 0.05) is 5.69 Å². The molecule has 0 aromatic heterocycles. The van der Waals surface area contributed by atoms with Gasteiger partial charge in [-0.05, 0) is 18.2 Å². The average molecular weight is 299 g/mol. The van der Waals surface area contributed by atoms with Crippen molar-refractivity contribution in [3.8, 4) is 6.07 Å². The maximum atomic E-state index is 12.6. The molecule has 0 fully saturated rings. The molecule has 0 aliphatic rings. The minimum atomic E-state index is -5.99. The Kier molecular flexibility index (Phi) is 4.00. The third-order valence-corrected chi connectivity index (χ3v) is 2.30. The molecule has 0 radical (unpaired) electrons. The number of carbonyl (C=O) groups excluding carboxylic acids is 1. The molecular formula is C10H4ClF5N2O. The molecule has 1 amide bonds. The number of rotatable bonds is 2. The van der Waals surface area contributed by atoms with Crippen molar-refractivity contribution in [2.24, 2.45) is 0 Å². The van der Waals surface area contributed by atoms with Gasteiger partial charge in [0.25, 0.3) is 0 Å². The van der Waals surface area contributed by atoms with E-state index in [4.69, 9.17) is 16.9 Å². The SMILES string of the molecule is N#Cc1ccc(NC(=O)C(F)(F)C(F)(F)F)cc1Cl. The summed E-state index contributed by atoms with van der Waals surface area (Å²) in [5.41, 5.74) is -0.389. The lowest BCUT2D eigenvalue weighted by molar-refractivity contribution is -0.267. The Morgan fingerprint density at radius 3 is 2.26 bits per heavy atom. The van der Waals surface area contributed by atoms with Gasteiger partial charge in [-0.25, -0.2) is 0 Å². The summed E-state index contributed by atoms with van der Waals surface area (Å²) >= 11 is 5.53. The smallest absolute Gasteiger partial charge is 0.320 e. The highest BCUT2D eigenvalue weighted by Gasteiger charge is 2.63. The van der Waals surface area contributed by atoms with E-state index in [1.165, 1.54) is 5.32 Å². The molecule has 0 atom stereocenters. The maximum absolute atomic E-state index is 12.6. The van der Waals surface area contributed by atoms with Crippen LogP contribution in [0.5, 0.6) is 0 Å². The lowest BCUT2D eigenvalue weighted by Crippen LogP contribution is -2.47. The third kappa shape index (κ3) is 3.12. The Bertz CT molecular complexity index is 550. The van der Waals surface area contributed by atoms with Crippen molar-refractivity contribution in [1.82, 2.24) is 0 Å². The summed E-state index contributed by atoms with van der Waals surface area (Å²) in [6.45, 7) is 0. The van der Waals surface area contributed by atoms with Crippen LogP contribution in [0.3, 0.4) is 0 Å². The molecule has 1 rings (SSSR count). The number of hydrogen-bond donors (Lipinski definition) is 1. The first kappa shape index (κ1) is 15.2. The van der Waals surface area contributed by atoms with Crippen molar-refractivity contribution < 1.29 is 26.7 Å². The molecule has 102 valence electrons. The lowest BCUT2D eigenvalue weighted by atomic mass is 10.2. The summed E-state index contributed by atoms with van der Waals surface area (Å²) in [7, 11) is 0. The van der Waals surface area contributed by atoms with Crippen LogP contribution in [0.4, 0.5) is 27.6 Å². The van der Waals surface area contributed by atoms with E-state index in [1.807, 2.05) is 0 Å². The predicted octanol–water partition coefficient (Wildman–Crippen LogP) is 3.35. The Labute approximate surface area is 108 Å². The molecule has 1 N–H and O–H groups in total. The molecule has 1 aromatic carbocycles. The average Bonchev–Trinajstić information content (AvgIpc) is 2.27. The molecule has 9 heteroatoms. The standard InChI is InChI=1S/C10H4ClF5N2O/c11-7-3-6(2-1-5(7)4-17)18-8(19)9(12,13)10(14,15)16/h1-3H,(H,18,19). The largest absolute Gasteiger partial charge is 0.463 e. The first-order valence-electron chi connectivity index (χ1n) is 4.55. The molecule has 1 aromatic rings. The van der Waals surface area contributed by atoms with Crippen molar-refractivity contribution in [1.29, 1.82) is 5.26 Å². The third-order valence-electron chi connectivity index (χ3n) is 1.99. The van der Waals surface area contributed by atoms with Crippen LogP contribution >= 0.6 is 11.6 Å². The Morgan fingerprint density at radius 2 is 1.84 bits per heavy atom. The number of benzene rings is 1. The Balaban J connectivity index is 2.96. The fourth-order valence-electron chi connectivity index (χ4n) is 1.02. The summed E-state index contributed by atoms with van der Waals surface area (Å²) in [5, 5.41) is 9.73. The van der Waals surface area contributed by atoms with Gasteiger partial charge in [-0.3, -0.25) is 4.79 Å². The fourth-order valence-corrected chi connectivity index (χ4v) is 1.24. The minimum Gasteiger partial charge on any atom is -0.320 e. The van der Waals surface area contributed by atoms with Crippen LogP contribution in [0.2, 0.25) is 5.02 Å². The van der Waals surface area contributed by atoms with Crippen LogP contribution < -0.4 is 5.32 Å². The van der Waals surface area contributed by atoms with Crippen LogP contribution in [-0.2, 0) is 4.79 Å². The van der Waals surface area contributed by atoms with Gasteiger partial charge in [0.15, 0.2) is 0 Å². The quantitative estimate of drug-likeness (QED) is 0.851. The lowest BCUT2D eigenvalue weighted by Gasteiger charge is -2.18. The predicted molar refractivity (Wildman–Crippen MR) is 55.8 cm³/mol. The van der Waals surface area contributed by atoms with Crippen LogP contribution in [-0.4, -0.2) is 18.0 Å². The van der Waals surface area contributed by atoms with E-state index < -0.39 is 18.0 Å². The van der Waals surface area contributed by atoms with Gasteiger partial charge in [0.2, 0.25) is 0 Å². The molecule has 0 bridgehead atoms. The van der Waals surface area contributed by atoms with Gasteiger partial charge >= 0.3 is 18.0 Å². The van der Waals surface area contributed by atoms with Crippen molar-refractivity contribution >= 4 is 23.2 Å². The number of nitrogens with zero attached hydrogens (tertiary/aromatic N) is 1. The van der Waals surface area contributed by atoms with E-state index in [-0.39, 0.29) is 16.3 Å². The molecule has 3 nitrogen and oxygen atoms in total. The number of carbonyl (C=O) groups is 1. The number of anilines is 1. The number of hydrogen-bond acceptors (Lipinski definition) is 2. The molecule has 0 saturated carbocycles. The molecule has 0 saturated heterocycles. The van der Waals surface area contributed by atoms with E-state index in [1.54, 1.807) is 6.07 Å². The van der Waals surface area contributed by atoms with Crippen molar-refractivity contribution in [2.75, 3.05) is 5.32 Å². The highest BCUT2D eigenvalue weighted by atomic mass is 35.5. The molecule has 0 unspecified atom stereocenters. The molecule has 0 spiro atoms. The van der Waals surface area contributed by atoms with Crippen molar-refractivity contribution in [3.63, 3.8) is 0 Å². The summed E-state index contributed by atoms with van der Waals surface area (Å²) in [5.74, 6) is -8.05. The van der Waals surface area contributed by atoms with Crippen LogP contribution in [0.15, 0.2) is 18.2 Å². The second kappa shape index (κ2) is 5.01. The van der Waals surface area contributed by atoms with Crippen LogP contribution in [0, 0.1) is 11.3 Å². The first-order valence-corrected chi connectivity index (χ1v) is 4.93. The second-order valence-electron chi connectivity index (χ2n) is 3.33. The van der Waals surface area contributed by atoms with E-state index in [2.05, 4.69) is 0 Å². The van der Waals surface area contributed by atoms with Gasteiger partial charge in [-0.15, -0.1) is 0 Å². The fraction of sp³-hybridized carbons (Fsp3) is 0.200. The minimum absolute atomic E-state index is 0.0118. The van der Waals surface area contributed by atoms with E-state index >= 15 is 0 Å². The van der Waals surface area contributed by atoms with Crippen LogP contribution in [0.25, 0.3) is 0 Å². The maximum Gasteiger partial charge on any atom is 0.463 e. The topological polar surface area (TPSA) is 52.9 Å². The molecule has 0 heterocycles. The molecular weight excluding hydrogens is 295 g/mol. The number of halogens is 6. The summed E-state index contributed by atoms with van der Waals surface area (Å²) in [6, 6.07) is 4.60. The molecule has 19 heavy (non-hydrogen) atoms. The number of amides is 1. The zero-order valence-corrected chi connectivity index (χ0v) is 9.61. The van der Waals surface area contributed by atoms with Gasteiger partial charge in [0.1, 0.15) is 6.07 Å². The van der Waals surface area contributed by atoms with Crippen molar-refractivity contribution in [3.05, 3.63) is 28.8 Å². The van der Waals surface area contributed by atoms with Crippen molar-refractivity contribution in [2.45, 2.75) is 12.1 Å². The summed E-state index contributed by atoms with van der Waals surface area (Å²) in [6.07, 6.45) is -5.99. The summed E-state index contributed by atoms with van der Waals surface area (Å²) in [4.78, 5) is 10.9. The highest BCUT2D eigenvalue weighted by Crippen LogP contribution is 2.36. The Morgan fingerprint density at radius 1 is 1.26 bits per heavy atom. The number of alkyl halides is 5. The molecule has 0 aliphatic heterocycles. The monoisotopic (exact) mass is 298 g/mol. The first-order chi connectivity index (χ1) is 8.59. The van der Waals surface area contributed by atoms with Gasteiger partial charge in [-0.1, -0.05) is 11.6 Å². The zero-order valence-electron chi connectivity index (χ0n) is 8.86. The number of nitrogens with one attached hydrogen (secondary N) is 1. The van der Waals surface area contributed by atoms with Gasteiger partial charge in [0.05, 0.1) is 10.6 Å². The van der Waals surface area contributed by atoms with E-state index in [9.17, 15) is 26.7 Å². The highest BCUT2D eigenvalue weighted by molar-refractivity contribution is 6.32.